The van der Waals surface area contributed by atoms with E-state index in [4.69, 9.17) is 20.8 Å². The van der Waals surface area contributed by atoms with Crippen LogP contribution in [0.4, 0.5) is 4.39 Å². The number of rotatable bonds is 6. The predicted octanol–water partition coefficient (Wildman–Crippen LogP) is 4.21. The van der Waals surface area contributed by atoms with E-state index in [1.165, 1.54) is 31.0 Å². The monoisotopic (exact) mass is 309 g/mol. The van der Waals surface area contributed by atoms with Crippen LogP contribution in [0.5, 0.6) is 5.75 Å². The van der Waals surface area contributed by atoms with Gasteiger partial charge in [0.1, 0.15) is 29.7 Å². The van der Waals surface area contributed by atoms with Crippen molar-refractivity contribution >= 4 is 11.6 Å². The second kappa shape index (κ2) is 6.08. The van der Waals surface area contributed by atoms with Gasteiger partial charge in [0.05, 0.1) is 11.6 Å². The number of hydrogen-bond acceptors (Lipinski definition) is 3. The number of benzene rings is 1. The zero-order valence-electron chi connectivity index (χ0n) is 11.8. The van der Waals surface area contributed by atoms with Gasteiger partial charge in [-0.3, -0.25) is 0 Å². The Balaban J connectivity index is 1.60. The summed E-state index contributed by atoms with van der Waals surface area (Å²) >= 11 is 5.92. The molecule has 1 aliphatic carbocycles. The van der Waals surface area contributed by atoms with E-state index in [1.807, 2.05) is 13.0 Å². The lowest BCUT2D eigenvalue weighted by Crippen LogP contribution is -2.15. The summed E-state index contributed by atoms with van der Waals surface area (Å²) in [7, 11) is 0. The molecule has 112 valence electrons. The molecule has 0 bridgehead atoms. The molecular weight excluding hydrogens is 293 g/mol. The summed E-state index contributed by atoms with van der Waals surface area (Å²) in [5.74, 6) is 1.74. The van der Waals surface area contributed by atoms with Gasteiger partial charge >= 0.3 is 0 Å². The molecule has 0 radical (unpaired) electrons. The van der Waals surface area contributed by atoms with E-state index in [-0.39, 0.29) is 17.4 Å². The van der Waals surface area contributed by atoms with Crippen molar-refractivity contribution in [2.24, 2.45) is 0 Å². The summed E-state index contributed by atoms with van der Waals surface area (Å²) in [5.41, 5.74) is 1.10. The first-order chi connectivity index (χ1) is 10.1. The molecule has 0 atom stereocenters. The van der Waals surface area contributed by atoms with Crippen molar-refractivity contribution in [3.8, 4) is 5.75 Å². The fraction of sp³-hybridized carbons (Fsp3) is 0.375. The Morgan fingerprint density at radius 3 is 2.90 bits per heavy atom. The highest BCUT2D eigenvalue weighted by molar-refractivity contribution is 6.32. The van der Waals surface area contributed by atoms with E-state index in [0.29, 0.717) is 11.8 Å². The first-order valence-electron chi connectivity index (χ1n) is 7.01. The average Bonchev–Trinajstić information content (AvgIpc) is 3.20. The molecule has 1 N–H and O–H groups in total. The number of hydrogen-bond donors (Lipinski definition) is 1. The van der Waals surface area contributed by atoms with Gasteiger partial charge in [0.15, 0.2) is 0 Å². The lowest BCUT2D eigenvalue weighted by atomic mass is 10.2. The van der Waals surface area contributed by atoms with Crippen molar-refractivity contribution in [3.05, 3.63) is 52.2 Å². The Bertz CT molecular complexity index is 637. The Morgan fingerprint density at radius 2 is 2.19 bits per heavy atom. The summed E-state index contributed by atoms with van der Waals surface area (Å²) in [6, 6.07) is 6.67. The van der Waals surface area contributed by atoms with Gasteiger partial charge in [-0.15, -0.1) is 0 Å². The number of aryl methyl sites for hydroxylation is 1. The molecule has 21 heavy (non-hydrogen) atoms. The molecule has 3 rings (SSSR count). The second-order valence-corrected chi connectivity index (χ2v) is 5.74. The molecule has 0 unspecified atom stereocenters. The molecule has 1 aliphatic rings. The van der Waals surface area contributed by atoms with Crippen molar-refractivity contribution in [2.75, 3.05) is 0 Å². The molecule has 0 aliphatic heterocycles. The standard InChI is InChI=1S/C16H17ClFNO2/c1-10-6-13(21-16(10)8-19-12-3-4-12)9-20-15-5-2-11(18)7-14(15)17/h2,5-7,12,19H,3-4,8-9H2,1H3. The molecule has 1 fully saturated rings. The topological polar surface area (TPSA) is 34.4 Å². The second-order valence-electron chi connectivity index (χ2n) is 5.34. The van der Waals surface area contributed by atoms with Crippen LogP contribution in [0.3, 0.4) is 0 Å². The molecule has 1 aromatic heterocycles. The number of halogens is 2. The van der Waals surface area contributed by atoms with Gasteiger partial charge in [0.25, 0.3) is 0 Å². The Hall–Kier alpha value is -1.52. The third-order valence-corrected chi connectivity index (χ3v) is 3.76. The number of furan rings is 1. The normalized spacial score (nSPS) is 14.4. The molecule has 1 saturated carbocycles. The van der Waals surface area contributed by atoms with Gasteiger partial charge in [-0.25, -0.2) is 4.39 Å². The predicted molar refractivity (Wildman–Crippen MR) is 79.0 cm³/mol. The number of nitrogens with one attached hydrogen (secondary N) is 1. The quantitative estimate of drug-likeness (QED) is 0.868. The zero-order valence-corrected chi connectivity index (χ0v) is 12.5. The van der Waals surface area contributed by atoms with Crippen LogP contribution in [0.15, 0.2) is 28.7 Å². The maximum absolute atomic E-state index is 13.0. The maximum atomic E-state index is 13.0. The summed E-state index contributed by atoms with van der Waals surface area (Å²) < 4.78 is 24.3. The van der Waals surface area contributed by atoms with E-state index in [9.17, 15) is 4.39 Å². The van der Waals surface area contributed by atoms with Crippen LogP contribution in [0.25, 0.3) is 0 Å². The van der Waals surface area contributed by atoms with Crippen LogP contribution in [-0.2, 0) is 13.2 Å². The number of ether oxygens (including phenoxy) is 1. The van der Waals surface area contributed by atoms with Crippen LogP contribution in [0.2, 0.25) is 5.02 Å². The average molecular weight is 310 g/mol. The van der Waals surface area contributed by atoms with Crippen molar-refractivity contribution in [3.63, 3.8) is 0 Å². The molecule has 1 aromatic carbocycles. The van der Waals surface area contributed by atoms with Gasteiger partial charge in [0.2, 0.25) is 0 Å². The van der Waals surface area contributed by atoms with Crippen molar-refractivity contribution in [1.29, 1.82) is 0 Å². The van der Waals surface area contributed by atoms with Crippen LogP contribution < -0.4 is 10.1 Å². The Labute approximate surface area is 128 Å². The third-order valence-electron chi connectivity index (χ3n) is 3.46. The van der Waals surface area contributed by atoms with E-state index in [2.05, 4.69) is 5.32 Å². The third kappa shape index (κ3) is 3.77. The highest BCUT2D eigenvalue weighted by atomic mass is 35.5. The van der Waals surface area contributed by atoms with Crippen molar-refractivity contribution < 1.29 is 13.5 Å². The van der Waals surface area contributed by atoms with Gasteiger partial charge < -0.3 is 14.5 Å². The van der Waals surface area contributed by atoms with Crippen molar-refractivity contribution in [2.45, 2.75) is 39.0 Å². The molecule has 3 nitrogen and oxygen atoms in total. The van der Waals surface area contributed by atoms with E-state index in [1.54, 1.807) is 0 Å². The van der Waals surface area contributed by atoms with E-state index >= 15 is 0 Å². The first kappa shape index (κ1) is 14.4. The van der Waals surface area contributed by atoms with Crippen molar-refractivity contribution in [1.82, 2.24) is 5.32 Å². The lowest BCUT2D eigenvalue weighted by molar-refractivity contribution is 0.265. The Morgan fingerprint density at radius 1 is 1.38 bits per heavy atom. The summed E-state index contributed by atoms with van der Waals surface area (Å²) in [4.78, 5) is 0. The van der Waals surface area contributed by atoms with Gasteiger partial charge in [-0.1, -0.05) is 11.6 Å². The largest absolute Gasteiger partial charge is 0.484 e. The van der Waals surface area contributed by atoms with Crippen LogP contribution in [0, 0.1) is 12.7 Å². The zero-order chi connectivity index (χ0) is 14.8. The fourth-order valence-electron chi connectivity index (χ4n) is 2.10. The molecule has 0 saturated heterocycles. The molecular formula is C16H17ClFNO2. The molecule has 2 aromatic rings. The summed E-state index contributed by atoms with van der Waals surface area (Å²) in [6.07, 6.45) is 2.50. The van der Waals surface area contributed by atoms with E-state index in [0.717, 1.165) is 23.6 Å². The Kier molecular flexibility index (Phi) is 4.17. The molecule has 0 spiro atoms. The van der Waals surface area contributed by atoms with E-state index < -0.39 is 0 Å². The SMILES string of the molecule is Cc1cc(COc2ccc(F)cc2Cl)oc1CNC1CC1. The minimum atomic E-state index is -0.380. The summed E-state index contributed by atoms with van der Waals surface area (Å²) in [5, 5.41) is 3.68. The minimum absolute atomic E-state index is 0.258. The van der Waals surface area contributed by atoms with Crippen LogP contribution in [-0.4, -0.2) is 6.04 Å². The smallest absolute Gasteiger partial charge is 0.146 e. The van der Waals surface area contributed by atoms with Gasteiger partial charge in [-0.2, -0.15) is 0 Å². The highest BCUT2D eigenvalue weighted by Crippen LogP contribution is 2.26. The molecule has 1 heterocycles. The first-order valence-corrected chi connectivity index (χ1v) is 7.39. The molecule has 0 amide bonds. The fourth-order valence-corrected chi connectivity index (χ4v) is 2.32. The van der Waals surface area contributed by atoms with Gasteiger partial charge in [0, 0.05) is 6.04 Å². The lowest BCUT2D eigenvalue weighted by Gasteiger charge is -2.06. The highest BCUT2D eigenvalue weighted by Gasteiger charge is 2.21. The minimum Gasteiger partial charge on any atom is -0.484 e. The molecule has 5 heteroatoms. The van der Waals surface area contributed by atoms with Gasteiger partial charge in [-0.05, 0) is 49.6 Å². The summed E-state index contributed by atoms with van der Waals surface area (Å²) in [6.45, 7) is 3.03. The van der Waals surface area contributed by atoms with Crippen LogP contribution >= 0.6 is 11.6 Å². The maximum Gasteiger partial charge on any atom is 0.146 e. The van der Waals surface area contributed by atoms with Crippen LogP contribution in [0.1, 0.15) is 29.9 Å².